The van der Waals surface area contributed by atoms with E-state index in [4.69, 9.17) is 15.3 Å². The molecule has 14 heteroatoms. The third-order valence-corrected chi connectivity index (χ3v) is 7.31. The molecule has 2 aliphatic rings. The molecule has 12 nitrogen and oxygen atoms in total. The molecule has 3 heterocycles. The molecule has 4 N–H and O–H groups in total. The maximum atomic E-state index is 12.9. The Morgan fingerprint density at radius 3 is 2.69 bits per heavy atom. The molecule has 2 atom stereocenters. The minimum absolute atomic E-state index is 0.0407. The summed E-state index contributed by atoms with van der Waals surface area (Å²) in [6.07, 6.45) is 0.0407. The van der Waals surface area contributed by atoms with E-state index in [9.17, 15) is 24.3 Å². The van der Waals surface area contributed by atoms with Gasteiger partial charge in [-0.25, -0.2) is 9.78 Å². The molecule has 2 aliphatic heterocycles. The Hall–Kier alpha value is -3.91. The number of esters is 1. The molecule has 1 unspecified atom stereocenters. The molecule has 2 amide bonds. The number of nitrogens with one attached hydrogen (secondary N) is 1. The Bertz CT molecular complexity index is 1260. The number of anilines is 1. The number of β-lactam (4-membered cyclic amide) rings is 1. The molecule has 1 saturated heterocycles. The quantitative estimate of drug-likeness (QED) is 0.180. The lowest BCUT2D eigenvalue weighted by atomic mass is 10.0. The van der Waals surface area contributed by atoms with Crippen LogP contribution in [-0.2, 0) is 35.2 Å². The van der Waals surface area contributed by atoms with Crippen LogP contribution in [0.2, 0.25) is 0 Å². The maximum absolute atomic E-state index is 12.9. The fraction of sp³-hybridized carbons (Fsp3) is 0.273. The molecular weight excluding hydrogens is 510 g/mol. The number of carboxylic acid groups (broad SMARTS) is 1. The number of oxime groups is 1. The summed E-state index contributed by atoms with van der Waals surface area (Å²) in [7, 11) is 1.26. The van der Waals surface area contributed by atoms with Crippen molar-refractivity contribution in [1.82, 2.24) is 15.2 Å². The van der Waals surface area contributed by atoms with Crippen molar-refractivity contribution in [3.63, 3.8) is 0 Å². The molecule has 4 rings (SSSR count). The Balaban J connectivity index is 1.43. The van der Waals surface area contributed by atoms with Crippen molar-refractivity contribution in [3.8, 4) is 0 Å². The van der Waals surface area contributed by atoms with Gasteiger partial charge in [-0.1, -0.05) is 35.5 Å². The Morgan fingerprint density at radius 1 is 1.31 bits per heavy atom. The first-order chi connectivity index (χ1) is 17.3. The van der Waals surface area contributed by atoms with Gasteiger partial charge in [0.25, 0.3) is 11.8 Å². The van der Waals surface area contributed by atoms with E-state index < -0.39 is 35.2 Å². The average molecular weight is 532 g/mol. The number of aromatic nitrogens is 1. The summed E-state index contributed by atoms with van der Waals surface area (Å²) < 4.78 is 5.28. The highest BCUT2D eigenvalue weighted by atomic mass is 32.2. The summed E-state index contributed by atoms with van der Waals surface area (Å²) in [5, 5.41) is 17.1. The second-order valence-corrected chi connectivity index (χ2v) is 9.63. The number of nitrogens with two attached hydrogens (primary N) is 1. The number of benzene rings is 1. The Morgan fingerprint density at radius 2 is 2.06 bits per heavy atom. The number of fused-ring (bicyclic) bond motifs is 1. The van der Waals surface area contributed by atoms with Crippen molar-refractivity contribution in [2.45, 2.75) is 17.8 Å². The first-order valence-electron chi connectivity index (χ1n) is 10.5. The van der Waals surface area contributed by atoms with E-state index >= 15 is 0 Å². The number of nitrogens with zero attached hydrogens (tertiary/aromatic N) is 3. The standard InChI is InChI=1S/C22H21N5O7S2/c1-33-26-15(13-10-36-22(23)24-13)18(29)25-16-19(30)27-17(21(31)32)12(9-35-20(16)27)8-34-14(28)7-11-5-3-2-4-6-11/h2-6,10,16,20H,7-9H2,1H3,(H2,23,24)(H,25,29)(H,31,32)/t16?,20-/m1/s1. The van der Waals surface area contributed by atoms with E-state index in [0.717, 1.165) is 21.8 Å². The predicted molar refractivity (Wildman–Crippen MR) is 131 cm³/mol. The van der Waals surface area contributed by atoms with E-state index in [2.05, 4.69) is 15.5 Å². The van der Waals surface area contributed by atoms with Crippen LogP contribution in [0.4, 0.5) is 5.13 Å². The Labute approximate surface area is 213 Å². The minimum atomic E-state index is -1.33. The zero-order valence-electron chi connectivity index (χ0n) is 18.9. The number of carbonyl (C=O) groups is 4. The molecule has 1 aromatic heterocycles. The second kappa shape index (κ2) is 10.8. The molecule has 36 heavy (non-hydrogen) atoms. The van der Waals surface area contributed by atoms with Crippen LogP contribution in [0.25, 0.3) is 0 Å². The topological polar surface area (TPSA) is 174 Å². The fourth-order valence-electron chi connectivity index (χ4n) is 3.68. The number of thioether (sulfide) groups is 1. The van der Waals surface area contributed by atoms with E-state index in [0.29, 0.717) is 5.57 Å². The van der Waals surface area contributed by atoms with E-state index in [-0.39, 0.29) is 41.0 Å². The van der Waals surface area contributed by atoms with Gasteiger partial charge in [0.15, 0.2) is 10.8 Å². The van der Waals surface area contributed by atoms with Crippen LogP contribution in [0, 0.1) is 0 Å². The second-order valence-electron chi connectivity index (χ2n) is 7.63. The maximum Gasteiger partial charge on any atom is 0.352 e. The summed E-state index contributed by atoms with van der Waals surface area (Å²) in [6, 6.07) is 8.00. The first kappa shape index (κ1) is 25.2. The predicted octanol–water partition coefficient (Wildman–Crippen LogP) is 0.600. The van der Waals surface area contributed by atoms with Crippen molar-refractivity contribution in [2.75, 3.05) is 25.2 Å². The van der Waals surface area contributed by atoms with E-state index in [1.807, 2.05) is 6.07 Å². The summed E-state index contributed by atoms with van der Waals surface area (Å²) in [6.45, 7) is -0.260. The molecule has 1 aromatic carbocycles. The summed E-state index contributed by atoms with van der Waals surface area (Å²) >= 11 is 2.36. The number of nitrogen functional groups attached to an aromatic ring is 1. The molecule has 0 aliphatic carbocycles. The van der Waals surface area contributed by atoms with Crippen LogP contribution in [0.3, 0.4) is 0 Å². The van der Waals surface area contributed by atoms with Gasteiger partial charge in [0, 0.05) is 16.7 Å². The highest BCUT2D eigenvalue weighted by Gasteiger charge is 2.54. The number of aliphatic carboxylic acids is 1. The third kappa shape index (κ3) is 5.18. The van der Waals surface area contributed by atoms with Crippen LogP contribution < -0.4 is 11.1 Å². The van der Waals surface area contributed by atoms with Gasteiger partial charge in [-0.05, 0) is 5.56 Å². The van der Waals surface area contributed by atoms with Crippen molar-refractivity contribution in [1.29, 1.82) is 0 Å². The number of ether oxygens (including phenoxy) is 1. The van der Waals surface area contributed by atoms with E-state index in [1.54, 1.807) is 24.3 Å². The van der Waals surface area contributed by atoms with Crippen LogP contribution >= 0.6 is 23.1 Å². The van der Waals surface area contributed by atoms with Gasteiger partial charge in [0.1, 0.15) is 36.5 Å². The van der Waals surface area contributed by atoms with Crippen LogP contribution in [0.1, 0.15) is 11.3 Å². The lowest BCUT2D eigenvalue weighted by Crippen LogP contribution is -2.71. The average Bonchev–Trinajstić information content (AvgIpc) is 3.29. The van der Waals surface area contributed by atoms with E-state index in [1.165, 1.54) is 24.3 Å². The smallest absolute Gasteiger partial charge is 0.352 e. The number of hydrogen-bond acceptors (Lipinski definition) is 11. The SMILES string of the molecule is CON=C(C(=O)NC1C(=O)N2C(C(=O)O)=C(COC(=O)Cc3ccccc3)CS[C@H]12)c1csc(N)n1. The lowest BCUT2D eigenvalue weighted by molar-refractivity contribution is -0.150. The van der Waals surface area contributed by atoms with Crippen LogP contribution in [0.5, 0.6) is 0 Å². The third-order valence-electron chi connectivity index (χ3n) is 5.30. The molecule has 2 aromatic rings. The summed E-state index contributed by atoms with van der Waals surface area (Å²) in [4.78, 5) is 59.7. The molecule has 1 fully saturated rings. The molecule has 0 spiro atoms. The summed E-state index contributed by atoms with van der Waals surface area (Å²) in [5.41, 5.74) is 6.45. The van der Waals surface area contributed by atoms with Crippen LogP contribution in [0.15, 0.2) is 52.1 Å². The zero-order valence-corrected chi connectivity index (χ0v) is 20.5. The molecule has 0 saturated carbocycles. The van der Waals surface area contributed by atoms with Crippen molar-refractivity contribution in [2.24, 2.45) is 5.16 Å². The number of hydrogen-bond donors (Lipinski definition) is 3. The first-order valence-corrected chi connectivity index (χ1v) is 12.5. The Kier molecular flexibility index (Phi) is 7.55. The van der Waals surface area contributed by atoms with Gasteiger partial charge in [-0.2, -0.15) is 0 Å². The number of carboxylic acids is 1. The monoisotopic (exact) mass is 531 g/mol. The van der Waals surface area contributed by atoms with Crippen molar-refractivity contribution >= 4 is 57.7 Å². The minimum Gasteiger partial charge on any atom is -0.477 e. The molecule has 0 bridgehead atoms. The van der Waals surface area contributed by atoms with Crippen molar-refractivity contribution < 1.29 is 33.9 Å². The van der Waals surface area contributed by atoms with Crippen LogP contribution in [-0.4, -0.2) is 75.3 Å². The van der Waals surface area contributed by atoms with Gasteiger partial charge in [-0.3, -0.25) is 19.3 Å². The van der Waals surface area contributed by atoms with Gasteiger partial charge < -0.3 is 25.7 Å². The number of carbonyl (C=O) groups excluding carboxylic acids is 3. The number of amides is 2. The fourth-order valence-corrected chi connectivity index (χ4v) is 5.55. The van der Waals surface area contributed by atoms with Gasteiger partial charge >= 0.3 is 11.9 Å². The number of rotatable bonds is 9. The normalized spacial score (nSPS) is 19.3. The molecular formula is C22H21N5O7S2. The zero-order chi connectivity index (χ0) is 25.8. The summed E-state index contributed by atoms with van der Waals surface area (Å²) in [5.74, 6) is -2.98. The lowest BCUT2D eigenvalue weighted by Gasteiger charge is -2.49. The highest BCUT2D eigenvalue weighted by Crippen LogP contribution is 2.40. The van der Waals surface area contributed by atoms with Crippen molar-refractivity contribution in [3.05, 3.63) is 58.2 Å². The highest BCUT2D eigenvalue weighted by molar-refractivity contribution is 8.00. The molecule has 0 radical (unpaired) electrons. The largest absolute Gasteiger partial charge is 0.477 e. The number of thiazole rings is 1. The molecule has 188 valence electrons. The van der Waals surface area contributed by atoms with Gasteiger partial charge in [0.2, 0.25) is 0 Å². The van der Waals surface area contributed by atoms with Gasteiger partial charge in [0.05, 0.1) is 6.42 Å². The van der Waals surface area contributed by atoms with Gasteiger partial charge in [-0.15, -0.1) is 23.1 Å².